The van der Waals surface area contributed by atoms with Crippen molar-refractivity contribution in [3.8, 4) is 5.75 Å². The second-order valence-electron chi connectivity index (χ2n) is 7.39. The van der Waals surface area contributed by atoms with Crippen LogP contribution in [0.15, 0.2) is 24.3 Å². The molecule has 0 aliphatic carbocycles. The lowest BCUT2D eigenvalue weighted by molar-refractivity contribution is 0.0132. The maximum Gasteiger partial charge on any atom is 0.145 e. The maximum absolute atomic E-state index is 6.16. The third kappa shape index (κ3) is 3.64. The summed E-state index contributed by atoms with van der Waals surface area (Å²) >= 11 is 0. The van der Waals surface area contributed by atoms with Crippen molar-refractivity contribution in [2.75, 3.05) is 44.9 Å². The fraction of sp³-hybridized carbons (Fsp3) is 0.571. The molecule has 0 radical (unpaired) electrons. The minimum Gasteiger partial charge on any atom is -0.494 e. The number of nitrogens with zero attached hydrogens (tertiary/aromatic N) is 2. The highest BCUT2D eigenvalue weighted by molar-refractivity contribution is 5.95. The van der Waals surface area contributed by atoms with Crippen molar-refractivity contribution in [2.45, 2.75) is 32.3 Å². The van der Waals surface area contributed by atoms with E-state index in [1.807, 2.05) is 12.1 Å². The van der Waals surface area contributed by atoms with Gasteiger partial charge in [0.25, 0.3) is 0 Å². The van der Waals surface area contributed by atoms with Crippen LogP contribution >= 0.6 is 0 Å². The van der Waals surface area contributed by atoms with Gasteiger partial charge in [0.2, 0.25) is 0 Å². The first-order valence-electron chi connectivity index (χ1n) is 9.63. The zero-order chi connectivity index (χ0) is 17.9. The van der Waals surface area contributed by atoms with Gasteiger partial charge in [-0.05, 0) is 38.3 Å². The third-order valence-electron chi connectivity index (χ3n) is 5.50. The van der Waals surface area contributed by atoms with E-state index in [4.69, 9.17) is 19.2 Å². The van der Waals surface area contributed by atoms with Gasteiger partial charge in [0.15, 0.2) is 0 Å². The summed E-state index contributed by atoms with van der Waals surface area (Å²) in [4.78, 5) is 7.17. The van der Waals surface area contributed by atoms with E-state index in [0.717, 1.165) is 74.5 Å². The number of hydrogen-bond acceptors (Lipinski definition) is 5. The standard InChI is InChI=1S/C21H28N2O3/c1-15-12-19(18-4-3-5-20(24-2)21(18)22-15)23-9-6-17(7-10-23)26-14-16-8-11-25-13-16/h3-5,12,16-17H,6-11,13-14H2,1-2H3. The van der Waals surface area contributed by atoms with E-state index in [0.29, 0.717) is 12.0 Å². The number of para-hydroxylation sites is 1. The molecule has 2 aliphatic rings. The zero-order valence-corrected chi connectivity index (χ0v) is 15.7. The number of benzene rings is 1. The highest BCUT2D eigenvalue weighted by Crippen LogP contribution is 2.33. The molecular weight excluding hydrogens is 328 g/mol. The second-order valence-corrected chi connectivity index (χ2v) is 7.39. The van der Waals surface area contributed by atoms with Gasteiger partial charge in [-0.2, -0.15) is 0 Å². The minimum atomic E-state index is 0.371. The molecule has 2 fully saturated rings. The van der Waals surface area contributed by atoms with Crippen molar-refractivity contribution in [2.24, 2.45) is 5.92 Å². The van der Waals surface area contributed by atoms with E-state index < -0.39 is 0 Å². The molecule has 2 saturated heterocycles. The Kier molecular flexibility index (Phi) is 5.27. The molecule has 2 aliphatic heterocycles. The van der Waals surface area contributed by atoms with E-state index in [1.165, 1.54) is 5.69 Å². The number of hydrogen-bond donors (Lipinski definition) is 0. The van der Waals surface area contributed by atoms with Crippen LogP contribution in [-0.4, -0.2) is 51.1 Å². The summed E-state index contributed by atoms with van der Waals surface area (Å²) in [6.45, 7) is 6.69. The molecule has 0 amide bonds. The number of fused-ring (bicyclic) bond motifs is 1. The summed E-state index contributed by atoms with van der Waals surface area (Å²) < 4.78 is 17.1. The van der Waals surface area contributed by atoms with Crippen molar-refractivity contribution in [3.05, 3.63) is 30.0 Å². The number of aryl methyl sites for hydroxylation is 1. The Morgan fingerprint density at radius 1 is 1.23 bits per heavy atom. The number of anilines is 1. The van der Waals surface area contributed by atoms with Crippen LogP contribution < -0.4 is 9.64 Å². The monoisotopic (exact) mass is 356 g/mol. The van der Waals surface area contributed by atoms with Crippen LogP contribution in [0.2, 0.25) is 0 Å². The van der Waals surface area contributed by atoms with Crippen LogP contribution in [-0.2, 0) is 9.47 Å². The van der Waals surface area contributed by atoms with Gasteiger partial charge in [0.1, 0.15) is 11.3 Å². The second kappa shape index (κ2) is 7.80. The Morgan fingerprint density at radius 2 is 2.08 bits per heavy atom. The van der Waals surface area contributed by atoms with Gasteiger partial charge in [-0.1, -0.05) is 12.1 Å². The van der Waals surface area contributed by atoms with Crippen LogP contribution in [0.1, 0.15) is 25.0 Å². The highest BCUT2D eigenvalue weighted by Gasteiger charge is 2.24. The molecular formula is C21H28N2O3. The lowest BCUT2D eigenvalue weighted by Gasteiger charge is -2.34. The summed E-state index contributed by atoms with van der Waals surface area (Å²) in [5, 5.41) is 1.16. The smallest absolute Gasteiger partial charge is 0.145 e. The minimum absolute atomic E-state index is 0.371. The normalized spacial score (nSPS) is 21.5. The van der Waals surface area contributed by atoms with Crippen LogP contribution in [0.4, 0.5) is 5.69 Å². The average molecular weight is 356 g/mol. The predicted molar refractivity (Wildman–Crippen MR) is 103 cm³/mol. The average Bonchev–Trinajstić information content (AvgIpc) is 3.19. The number of piperidine rings is 1. The van der Waals surface area contributed by atoms with Gasteiger partial charge in [-0.3, -0.25) is 0 Å². The molecule has 0 saturated carbocycles. The number of methoxy groups -OCH3 is 1. The van der Waals surface area contributed by atoms with Gasteiger partial charge < -0.3 is 19.1 Å². The lowest BCUT2D eigenvalue weighted by Crippen LogP contribution is -2.37. The van der Waals surface area contributed by atoms with Crippen LogP contribution in [0.3, 0.4) is 0 Å². The fourth-order valence-corrected chi connectivity index (χ4v) is 4.01. The molecule has 1 aromatic carbocycles. The molecule has 3 heterocycles. The summed E-state index contributed by atoms with van der Waals surface area (Å²) in [5.41, 5.74) is 3.23. The first-order valence-corrected chi connectivity index (χ1v) is 9.63. The number of aromatic nitrogens is 1. The molecule has 5 heteroatoms. The predicted octanol–water partition coefficient (Wildman–Crippen LogP) is 3.57. The van der Waals surface area contributed by atoms with Gasteiger partial charge >= 0.3 is 0 Å². The van der Waals surface area contributed by atoms with Crippen molar-refractivity contribution in [1.29, 1.82) is 0 Å². The van der Waals surface area contributed by atoms with E-state index in [9.17, 15) is 0 Å². The Hall–Kier alpha value is -1.85. The molecule has 2 aromatic rings. The van der Waals surface area contributed by atoms with Gasteiger partial charge in [0, 0.05) is 42.4 Å². The van der Waals surface area contributed by atoms with E-state index in [2.05, 4.69) is 24.0 Å². The molecule has 4 rings (SSSR count). The first kappa shape index (κ1) is 17.6. The molecule has 0 spiro atoms. The van der Waals surface area contributed by atoms with Crippen molar-refractivity contribution in [3.63, 3.8) is 0 Å². The summed E-state index contributed by atoms with van der Waals surface area (Å²) in [6.07, 6.45) is 3.65. The molecule has 5 nitrogen and oxygen atoms in total. The van der Waals surface area contributed by atoms with Gasteiger partial charge in [-0.25, -0.2) is 4.98 Å². The SMILES string of the molecule is COc1cccc2c(N3CCC(OCC4CCOC4)CC3)cc(C)nc12. The maximum atomic E-state index is 6.16. The van der Waals surface area contributed by atoms with Crippen molar-refractivity contribution >= 4 is 16.6 Å². The Balaban J connectivity index is 1.45. The van der Waals surface area contributed by atoms with Crippen molar-refractivity contribution < 1.29 is 14.2 Å². The molecule has 1 aromatic heterocycles. The molecule has 1 atom stereocenters. The van der Waals surface area contributed by atoms with Gasteiger partial charge in [0.05, 0.1) is 26.4 Å². The quantitative estimate of drug-likeness (QED) is 0.819. The van der Waals surface area contributed by atoms with Crippen LogP contribution in [0.5, 0.6) is 5.75 Å². The first-order chi connectivity index (χ1) is 12.7. The zero-order valence-electron chi connectivity index (χ0n) is 15.7. The third-order valence-corrected chi connectivity index (χ3v) is 5.50. The molecule has 0 bridgehead atoms. The Labute approximate surface area is 155 Å². The largest absolute Gasteiger partial charge is 0.494 e. The molecule has 0 N–H and O–H groups in total. The number of rotatable bonds is 5. The van der Waals surface area contributed by atoms with Gasteiger partial charge in [-0.15, -0.1) is 0 Å². The Bertz CT molecular complexity index is 750. The topological polar surface area (TPSA) is 43.8 Å². The fourth-order valence-electron chi connectivity index (χ4n) is 4.01. The van der Waals surface area contributed by atoms with Crippen molar-refractivity contribution in [1.82, 2.24) is 4.98 Å². The summed E-state index contributed by atoms with van der Waals surface area (Å²) in [7, 11) is 1.71. The van der Waals surface area contributed by atoms with Crippen LogP contribution in [0.25, 0.3) is 10.9 Å². The van der Waals surface area contributed by atoms with E-state index in [1.54, 1.807) is 7.11 Å². The summed E-state index contributed by atoms with van der Waals surface area (Å²) in [6, 6.07) is 8.35. The summed E-state index contributed by atoms with van der Waals surface area (Å²) in [5.74, 6) is 1.43. The molecule has 26 heavy (non-hydrogen) atoms. The molecule has 140 valence electrons. The van der Waals surface area contributed by atoms with E-state index in [-0.39, 0.29) is 0 Å². The lowest BCUT2D eigenvalue weighted by atomic mass is 10.0. The molecule has 1 unspecified atom stereocenters. The number of ether oxygens (including phenoxy) is 3. The highest BCUT2D eigenvalue weighted by atomic mass is 16.5. The van der Waals surface area contributed by atoms with Crippen LogP contribution in [0, 0.1) is 12.8 Å². The number of pyridine rings is 1. The Morgan fingerprint density at radius 3 is 2.81 bits per heavy atom. The van der Waals surface area contributed by atoms with E-state index >= 15 is 0 Å².